The largest absolute Gasteiger partial charge is 0.463 e. The van der Waals surface area contributed by atoms with E-state index in [0.717, 1.165) is 36.5 Å². The zero-order chi connectivity index (χ0) is 16.2. The van der Waals surface area contributed by atoms with Crippen molar-refractivity contribution in [1.29, 1.82) is 0 Å². The SMILES string of the molecule is CC(=O)O[C@H]1CC[C@@]2(C)[C@@H](CC[C@H]3[C@@H]4CCC[C@@]4(C)CC[C@@H]32)C1. The van der Waals surface area contributed by atoms with Gasteiger partial charge in [0.25, 0.3) is 0 Å². The topological polar surface area (TPSA) is 26.3 Å². The molecule has 7 atom stereocenters. The van der Waals surface area contributed by atoms with Crippen LogP contribution < -0.4 is 0 Å². The number of esters is 1. The van der Waals surface area contributed by atoms with E-state index in [9.17, 15) is 4.79 Å². The lowest BCUT2D eigenvalue weighted by molar-refractivity contribution is -0.159. The highest BCUT2D eigenvalue weighted by molar-refractivity contribution is 5.66. The minimum Gasteiger partial charge on any atom is -0.463 e. The van der Waals surface area contributed by atoms with Crippen molar-refractivity contribution < 1.29 is 9.53 Å². The number of hydrogen-bond donors (Lipinski definition) is 0. The molecule has 2 nitrogen and oxygen atoms in total. The fourth-order valence-corrected chi connectivity index (χ4v) is 7.55. The van der Waals surface area contributed by atoms with Gasteiger partial charge >= 0.3 is 5.97 Å². The molecule has 4 aliphatic rings. The number of hydrogen-bond acceptors (Lipinski definition) is 2. The molecule has 0 aromatic heterocycles. The Bertz CT molecular complexity index is 486. The number of fused-ring (bicyclic) bond motifs is 5. The van der Waals surface area contributed by atoms with Crippen LogP contribution in [0.25, 0.3) is 0 Å². The molecule has 0 spiro atoms. The van der Waals surface area contributed by atoms with E-state index in [1.165, 1.54) is 51.4 Å². The second kappa shape index (κ2) is 5.49. The van der Waals surface area contributed by atoms with Gasteiger partial charge in [0, 0.05) is 6.92 Å². The van der Waals surface area contributed by atoms with Gasteiger partial charge in [0.05, 0.1) is 0 Å². The lowest BCUT2D eigenvalue weighted by atomic mass is 9.45. The first-order chi connectivity index (χ1) is 10.9. The van der Waals surface area contributed by atoms with Gasteiger partial charge in [-0.05, 0) is 92.3 Å². The van der Waals surface area contributed by atoms with Crippen LogP contribution in [0.15, 0.2) is 0 Å². The van der Waals surface area contributed by atoms with Crippen molar-refractivity contribution in [3.8, 4) is 0 Å². The van der Waals surface area contributed by atoms with Crippen LogP contribution >= 0.6 is 0 Å². The standard InChI is InChI=1S/C21H34O2/c1-14(22)23-16-8-12-21(3)15(13-16)6-7-17-18-5-4-10-20(18,2)11-9-19(17)21/h15-19H,4-13H2,1-3H3/t15-,16-,17-,18-,19-,20-,21-/m0/s1. The van der Waals surface area contributed by atoms with Crippen molar-refractivity contribution in [3.63, 3.8) is 0 Å². The predicted octanol–water partition coefficient (Wildman–Crippen LogP) is 5.35. The number of rotatable bonds is 1. The van der Waals surface area contributed by atoms with E-state index in [1.54, 1.807) is 6.92 Å². The first-order valence-corrected chi connectivity index (χ1v) is 10.1. The van der Waals surface area contributed by atoms with Gasteiger partial charge in [-0.25, -0.2) is 0 Å². The summed E-state index contributed by atoms with van der Waals surface area (Å²) in [5.74, 6) is 3.63. The summed E-state index contributed by atoms with van der Waals surface area (Å²) in [6.45, 7) is 6.75. The Morgan fingerprint density at radius 1 is 0.957 bits per heavy atom. The van der Waals surface area contributed by atoms with Crippen LogP contribution in [-0.2, 0) is 9.53 Å². The minimum absolute atomic E-state index is 0.0910. The number of carbonyl (C=O) groups is 1. The molecule has 0 aliphatic heterocycles. The third-order valence-electron chi connectivity index (χ3n) is 8.73. The summed E-state index contributed by atoms with van der Waals surface area (Å²) in [4.78, 5) is 11.3. The Morgan fingerprint density at radius 3 is 2.57 bits per heavy atom. The van der Waals surface area contributed by atoms with E-state index in [4.69, 9.17) is 4.74 Å². The third-order valence-corrected chi connectivity index (χ3v) is 8.73. The monoisotopic (exact) mass is 318 g/mol. The Balaban J connectivity index is 1.53. The molecule has 0 bridgehead atoms. The van der Waals surface area contributed by atoms with Gasteiger partial charge in [-0.15, -0.1) is 0 Å². The molecule has 4 rings (SSSR count). The molecule has 23 heavy (non-hydrogen) atoms. The zero-order valence-corrected chi connectivity index (χ0v) is 15.3. The maximum atomic E-state index is 11.3. The normalized spacial score (nSPS) is 52.2. The van der Waals surface area contributed by atoms with E-state index >= 15 is 0 Å². The van der Waals surface area contributed by atoms with Gasteiger partial charge in [0.1, 0.15) is 6.10 Å². The second-order valence-electron chi connectivity index (χ2n) is 9.75. The molecule has 0 radical (unpaired) electrons. The summed E-state index contributed by atoms with van der Waals surface area (Å²) in [5.41, 5.74) is 1.18. The maximum Gasteiger partial charge on any atom is 0.302 e. The van der Waals surface area contributed by atoms with E-state index in [2.05, 4.69) is 13.8 Å². The van der Waals surface area contributed by atoms with E-state index in [1.807, 2.05) is 0 Å². The van der Waals surface area contributed by atoms with Crippen molar-refractivity contribution in [2.24, 2.45) is 34.5 Å². The molecule has 0 heterocycles. The van der Waals surface area contributed by atoms with Crippen LogP contribution in [0.4, 0.5) is 0 Å². The summed E-state index contributed by atoms with van der Waals surface area (Å²) in [6, 6.07) is 0. The molecule has 130 valence electrons. The second-order valence-corrected chi connectivity index (χ2v) is 9.75. The third kappa shape index (κ3) is 2.46. The van der Waals surface area contributed by atoms with Crippen molar-refractivity contribution in [2.45, 2.75) is 91.1 Å². The molecule has 2 heteroatoms. The summed E-state index contributed by atoms with van der Waals surface area (Å²) in [5, 5.41) is 0. The molecular weight excluding hydrogens is 284 g/mol. The molecule has 0 unspecified atom stereocenters. The van der Waals surface area contributed by atoms with Crippen molar-refractivity contribution in [3.05, 3.63) is 0 Å². The fraction of sp³-hybridized carbons (Fsp3) is 0.952. The van der Waals surface area contributed by atoms with Gasteiger partial charge in [-0.3, -0.25) is 4.79 Å². The molecule has 0 saturated heterocycles. The molecule has 0 aromatic rings. The van der Waals surface area contributed by atoms with E-state index in [-0.39, 0.29) is 12.1 Å². The molecule has 0 amide bonds. The summed E-state index contributed by atoms with van der Waals surface area (Å²) >= 11 is 0. The van der Waals surface area contributed by atoms with Gasteiger partial charge in [0.15, 0.2) is 0 Å². The minimum atomic E-state index is -0.0910. The molecule has 4 aliphatic carbocycles. The molecule has 4 fully saturated rings. The van der Waals surface area contributed by atoms with Crippen LogP contribution in [0.2, 0.25) is 0 Å². The van der Waals surface area contributed by atoms with Crippen LogP contribution in [-0.4, -0.2) is 12.1 Å². The molecule has 4 saturated carbocycles. The van der Waals surface area contributed by atoms with Gasteiger partial charge < -0.3 is 4.74 Å². The smallest absolute Gasteiger partial charge is 0.302 e. The number of carbonyl (C=O) groups excluding carboxylic acids is 1. The van der Waals surface area contributed by atoms with E-state index in [0.29, 0.717) is 10.8 Å². The van der Waals surface area contributed by atoms with Gasteiger partial charge in [-0.1, -0.05) is 20.3 Å². The quantitative estimate of drug-likeness (QED) is 0.609. The average Bonchev–Trinajstić information content (AvgIpc) is 2.89. The highest BCUT2D eigenvalue weighted by atomic mass is 16.5. The zero-order valence-electron chi connectivity index (χ0n) is 15.3. The van der Waals surface area contributed by atoms with Crippen LogP contribution in [0.1, 0.15) is 85.0 Å². The number of ether oxygens (including phenoxy) is 1. The summed E-state index contributed by atoms with van der Waals surface area (Å²) in [6.07, 6.45) is 13.9. The Morgan fingerprint density at radius 2 is 1.78 bits per heavy atom. The first-order valence-electron chi connectivity index (χ1n) is 10.1. The molecule has 0 N–H and O–H groups in total. The van der Waals surface area contributed by atoms with Gasteiger partial charge in [-0.2, -0.15) is 0 Å². The Kier molecular flexibility index (Phi) is 3.81. The maximum absolute atomic E-state index is 11.3. The summed E-state index contributed by atoms with van der Waals surface area (Å²) < 4.78 is 5.57. The average molecular weight is 319 g/mol. The van der Waals surface area contributed by atoms with Crippen molar-refractivity contribution in [2.75, 3.05) is 0 Å². The summed E-state index contributed by atoms with van der Waals surface area (Å²) in [7, 11) is 0. The highest BCUT2D eigenvalue weighted by Crippen LogP contribution is 2.66. The van der Waals surface area contributed by atoms with Crippen molar-refractivity contribution >= 4 is 5.97 Å². The molecular formula is C21H34O2. The first kappa shape index (κ1) is 16.0. The van der Waals surface area contributed by atoms with Crippen LogP contribution in [0.5, 0.6) is 0 Å². The van der Waals surface area contributed by atoms with Crippen LogP contribution in [0, 0.1) is 34.5 Å². The fourth-order valence-electron chi connectivity index (χ4n) is 7.55. The van der Waals surface area contributed by atoms with Crippen molar-refractivity contribution in [1.82, 2.24) is 0 Å². The predicted molar refractivity (Wildman–Crippen MR) is 91.9 cm³/mol. The highest BCUT2D eigenvalue weighted by Gasteiger charge is 2.57. The van der Waals surface area contributed by atoms with Gasteiger partial charge in [0.2, 0.25) is 0 Å². The van der Waals surface area contributed by atoms with E-state index < -0.39 is 0 Å². The Hall–Kier alpha value is -0.530. The Labute approximate surface area is 141 Å². The molecule has 0 aromatic carbocycles. The lowest BCUT2D eigenvalue weighted by Crippen LogP contribution is -2.53. The van der Waals surface area contributed by atoms with Crippen LogP contribution in [0.3, 0.4) is 0 Å². The lowest BCUT2D eigenvalue weighted by Gasteiger charge is -2.60.